The van der Waals surface area contributed by atoms with Gasteiger partial charge in [-0.15, -0.1) is 0 Å². The molecule has 7 heteroatoms. The summed E-state index contributed by atoms with van der Waals surface area (Å²) in [5.41, 5.74) is 2.20. The van der Waals surface area contributed by atoms with Crippen LogP contribution in [0.25, 0.3) is 10.9 Å². The molecule has 0 aliphatic rings. The topological polar surface area (TPSA) is 79.9 Å². The van der Waals surface area contributed by atoms with Gasteiger partial charge in [0.1, 0.15) is 16.8 Å². The second kappa shape index (κ2) is 5.74. The molecule has 1 aromatic carbocycles. The fourth-order valence-electron chi connectivity index (χ4n) is 2.36. The molecule has 2 aromatic heterocycles. The van der Waals surface area contributed by atoms with Gasteiger partial charge < -0.3 is 10.1 Å². The zero-order valence-electron chi connectivity index (χ0n) is 12.9. The lowest BCUT2D eigenvalue weighted by molar-refractivity contribution is 0.417. The van der Waals surface area contributed by atoms with Crippen LogP contribution in [0.15, 0.2) is 29.1 Å². The molecular weight excluding hydrogens is 312 g/mol. The zero-order valence-corrected chi connectivity index (χ0v) is 13.7. The predicted octanol–water partition coefficient (Wildman–Crippen LogP) is 2.93. The number of hydrogen-bond donors (Lipinski definition) is 1. The Balaban J connectivity index is 2.22. The van der Waals surface area contributed by atoms with Crippen LogP contribution < -0.4 is 15.6 Å². The fraction of sp³-hybridized carbons (Fsp3) is 0.188. The number of anilines is 2. The van der Waals surface area contributed by atoms with Crippen LogP contribution in [0.1, 0.15) is 11.3 Å². The van der Waals surface area contributed by atoms with E-state index in [1.807, 2.05) is 37.3 Å². The number of rotatable bonds is 3. The number of aromatic nitrogens is 2. The van der Waals surface area contributed by atoms with Crippen LogP contribution in [0, 0.1) is 18.3 Å². The Bertz CT molecular complexity index is 998. The van der Waals surface area contributed by atoms with Gasteiger partial charge in [-0.3, -0.25) is 13.7 Å². The quantitative estimate of drug-likeness (QED) is 0.800. The first-order chi connectivity index (χ1) is 11.0. The first-order valence-electron chi connectivity index (χ1n) is 6.87. The van der Waals surface area contributed by atoms with Gasteiger partial charge in [-0.2, -0.15) is 5.26 Å². The van der Waals surface area contributed by atoms with Crippen molar-refractivity contribution in [3.63, 3.8) is 0 Å². The molecule has 3 aromatic rings. The first kappa shape index (κ1) is 15.1. The lowest BCUT2D eigenvalue weighted by Gasteiger charge is -2.13. The van der Waals surface area contributed by atoms with Crippen molar-refractivity contribution in [1.29, 1.82) is 5.26 Å². The Labute approximate surface area is 136 Å². The SMILES string of the molecule is COc1ccc2nc(C)ccc2c1Nc1sn(C)c(=O)c1C#N. The third kappa shape index (κ3) is 2.53. The van der Waals surface area contributed by atoms with Crippen molar-refractivity contribution >= 4 is 33.1 Å². The number of aryl methyl sites for hydroxylation is 2. The van der Waals surface area contributed by atoms with Crippen molar-refractivity contribution < 1.29 is 4.74 Å². The van der Waals surface area contributed by atoms with Crippen LogP contribution in [0.5, 0.6) is 5.75 Å². The summed E-state index contributed by atoms with van der Waals surface area (Å²) in [5, 5.41) is 13.8. The lowest BCUT2D eigenvalue weighted by Crippen LogP contribution is -2.11. The van der Waals surface area contributed by atoms with Gasteiger partial charge in [0.05, 0.1) is 18.3 Å². The Morgan fingerprint density at radius 1 is 1.35 bits per heavy atom. The Kier molecular flexibility index (Phi) is 3.76. The van der Waals surface area contributed by atoms with Crippen molar-refractivity contribution in [2.24, 2.45) is 7.05 Å². The summed E-state index contributed by atoms with van der Waals surface area (Å²) in [4.78, 5) is 16.4. The van der Waals surface area contributed by atoms with Crippen molar-refractivity contribution in [3.8, 4) is 11.8 Å². The van der Waals surface area contributed by atoms with Crippen molar-refractivity contribution in [2.45, 2.75) is 6.92 Å². The third-order valence-corrected chi connectivity index (χ3v) is 4.43. The molecule has 23 heavy (non-hydrogen) atoms. The van der Waals surface area contributed by atoms with E-state index in [4.69, 9.17) is 4.74 Å². The molecular formula is C16H14N4O2S. The third-order valence-electron chi connectivity index (χ3n) is 3.50. The highest BCUT2D eigenvalue weighted by Crippen LogP contribution is 2.36. The number of benzene rings is 1. The molecule has 0 atom stereocenters. The van der Waals surface area contributed by atoms with Crippen LogP contribution >= 0.6 is 11.5 Å². The molecule has 2 heterocycles. The molecule has 1 N–H and O–H groups in total. The largest absolute Gasteiger partial charge is 0.495 e. The molecule has 0 saturated carbocycles. The van der Waals surface area contributed by atoms with Crippen LogP contribution in [-0.4, -0.2) is 16.1 Å². The summed E-state index contributed by atoms with van der Waals surface area (Å²) in [6, 6.07) is 9.51. The Morgan fingerprint density at radius 3 is 2.83 bits per heavy atom. The monoisotopic (exact) mass is 326 g/mol. The normalized spacial score (nSPS) is 10.5. The molecule has 0 radical (unpaired) electrons. The molecule has 6 nitrogen and oxygen atoms in total. The molecule has 0 aliphatic heterocycles. The molecule has 0 aliphatic carbocycles. The van der Waals surface area contributed by atoms with E-state index in [1.165, 1.54) is 15.5 Å². The van der Waals surface area contributed by atoms with Gasteiger partial charge in [-0.05, 0) is 42.7 Å². The van der Waals surface area contributed by atoms with E-state index in [2.05, 4.69) is 10.3 Å². The molecule has 0 bridgehead atoms. The van der Waals surface area contributed by atoms with Gasteiger partial charge in [0.25, 0.3) is 5.56 Å². The summed E-state index contributed by atoms with van der Waals surface area (Å²) < 4.78 is 6.83. The molecule has 0 fully saturated rings. The minimum Gasteiger partial charge on any atom is -0.495 e. The predicted molar refractivity (Wildman–Crippen MR) is 90.6 cm³/mol. The minimum absolute atomic E-state index is 0.0941. The van der Waals surface area contributed by atoms with E-state index in [-0.39, 0.29) is 11.1 Å². The second-order valence-electron chi connectivity index (χ2n) is 5.00. The molecule has 0 amide bonds. The maximum atomic E-state index is 11.9. The van der Waals surface area contributed by atoms with Gasteiger partial charge >= 0.3 is 0 Å². The summed E-state index contributed by atoms with van der Waals surface area (Å²) in [7, 11) is 3.21. The summed E-state index contributed by atoms with van der Waals surface area (Å²) in [6.45, 7) is 1.92. The van der Waals surface area contributed by atoms with Crippen molar-refractivity contribution in [1.82, 2.24) is 8.94 Å². The van der Waals surface area contributed by atoms with Crippen LogP contribution in [-0.2, 0) is 7.05 Å². The maximum Gasteiger partial charge on any atom is 0.280 e. The van der Waals surface area contributed by atoms with Gasteiger partial charge in [0.15, 0.2) is 5.56 Å². The van der Waals surface area contributed by atoms with Gasteiger partial charge in [0, 0.05) is 18.1 Å². The number of methoxy groups -OCH3 is 1. The Morgan fingerprint density at radius 2 is 2.13 bits per heavy atom. The fourth-order valence-corrected chi connectivity index (χ4v) is 3.18. The Hall–Kier alpha value is -2.85. The smallest absolute Gasteiger partial charge is 0.280 e. The minimum atomic E-state index is -0.312. The van der Waals surface area contributed by atoms with E-state index in [1.54, 1.807) is 14.2 Å². The second-order valence-corrected chi connectivity index (χ2v) is 6.14. The van der Waals surface area contributed by atoms with Crippen LogP contribution in [0.2, 0.25) is 0 Å². The number of ether oxygens (including phenoxy) is 1. The van der Waals surface area contributed by atoms with E-state index < -0.39 is 0 Å². The average molecular weight is 326 g/mol. The molecule has 0 spiro atoms. The number of nitrogens with one attached hydrogen (secondary N) is 1. The number of fused-ring (bicyclic) bond motifs is 1. The summed E-state index contributed by atoms with van der Waals surface area (Å²) in [6.07, 6.45) is 0. The number of nitriles is 1. The van der Waals surface area contributed by atoms with E-state index in [9.17, 15) is 10.1 Å². The number of nitrogens with zero attached hydrogens (tertiary/aromatic N) is 3. The number of pyridine rings is 1. The van der Waals surface area contributed by atoms with Gasteiger partial charge in [-0.1, -0.05) is 0 Å². The van der Waals surface area contributed by atoms with Crippen LogP contribution in [0.4, 0.5) is 10.7 Å². The average Bonchev–Trinajstić information content (AvgIpc) is 2.81. The highest BCUT2D eigenvalue weighted by atomic mass is 32.1. The van der Waals surface area contributed by atoms with Crippen molar-refractivity contribution in [2.75, 3.05) is 12.4 Å². The van der Waals surface area contributed by atoms with E-state index in [0.29, 0.717) is 16.4 Å². The highest BCUT2D eigenvalue weighted by molar-refractivity contribution is 7.11. The van der Waals surface area contributed by atoms with E-state index >= 15 is 0 Å². The van der Waals surface area contributed by atoms with Crippen LogP contribution in [0.3, 0.4) is 0 Å². The zero-order chi connectivity index (χ0) is 16.6. The molecule has 0 unspecified atom stereocenters. The standard InChI is InChI=1S/C16H14N4O2S/c1-9-4-5-10-12(18-9)6-7-13(22-3)14(10)19-15-11(8-17)16(21)20(2)23-15/h4-7,19H,1-3H3. The number of hydrogen-bond acceptors (Lipinski definition) is 6. The molecule has 0 saturated heterocycles. The summed E-state index contributed by atoms with van der Waals surface area (Å²) in [5.74, 6) is 0.621. The maximum absolute atomic E-state index is 11.9. The van der Waals surface area contributed by atoms with Gasteiger partial charge in [-0.25, -0.2) is 0 Å². The lowest BCUT2D eigenvalue weighted by atomic mass is 10.1. The highest BCUT2D eigenvalue weighted by Gasteiger charge is 2.16. The summed E-state index contributed by atoms with van der Waals surface area (Å²) >= 11 is 1.19. The molecule has 3 rings (SSSR count). The molecule has 116 valence electrons. The van der Waals surface area contributed by atoms with Gasteiger partial charge in [0.2, 0.25) is 0 Å². The van der Waals surface area contributed by atoms with Crippen molar-refractivity contribution in [3.05, 3.63) is 45.9 Å². The first-order valence-corrected chi connectivity index (χ1v) is 7.64. The van der Waals surface area contributed by atoms with E-state index in [0.717, 1.165) is 16.6 Å².